The number of thioether (sulfide) groups is 2. The predicted molar refractivity (Wildman–Crippen MR) is 93.0 cm³/mol. The summed E-state index contributed by atoms with van der Waals surface area (Å²) in [5.41, 5.74) is 1.35. The molecule has 1 aromatic heterocycles. The van der Waals surface area contributed by atoms with Gasteiger partial charge in [-0.15, -0.1) is 0 Å². The van der Waals surface area contributed by atoms with Crippen LogP contribution in [0.5, 0.6) is 0 Å². The summed E-state index contributed by atoms with van der Waals surface area (Å²) in [6.45, 7) is 2.21. The predicted octanol–water partition coefficient (Wildman–Crippen LogP) is 3.42. The van der Waals surface area contributed by atoms with Gasteiger partial charge in [-0.3, -0.25) is 0 Å². The lowest BCUT2D eigenvalue weighted by Gasteiger charge is -2.26. The number of aromatic nitrogens is 1. The highest BCUT2D eigenvalue weighted by Crippen LogP contribution is 2.20. The molecule has 1 aliphatic heterocycles. The first-order chi connectivity index (χ1) is 9.84. The number of likely N-dealkylation sites (N-methyl/N-ethyl adjacent to an activating group) is 1. The monoisotopic (exact) mass is 306 g/mol. The molecule has 0 unspecified atom stereocenters. The first-order valence-corrected chi connectivity index (χ1v) is 9.55. The lowest BCUT2D eigenvalue weighted by Crippen LogP contribution is -2.37. The molecule has 0 spiro atoms. The Morgan fingerprint density at radius 2 is 1.90 bits per heavy atom. The van der Waals surface area contributed by atoms with Crippen molar-refractivity contribution in [2.24, 2.45) is 0 Å². The Morgan fingerprint density at radius 1 is 1.15 bits per heavy atom. The molecule has 2 aromatic rings. The number of rotatable bonds is 4. The number of para-hydroxylation sites is 1. The second-order valence-corrected chi connectivity index (χ2v) is 7.65. The summed E-state index contributed by atoms with van der Waals surface area (Å²) >= 11 is 4.22. The van der Waals surface area contributed by atoms with E-state index in [0.717, 1.165) is 19.1 Å². The highest BCUT2D eigenvalue weighted by Gasteiger charge is 2.17. The third-order valence-corrected chi connectivity index (χ3v) is 6.47. The third-order valence-electron chi connectivity index (χ3n) is 3.99. The van der Waals surface area contributed by atoms with Gasteiger partial charge in [-0.05, 0) is 24.6 Å². The zero-order valence-electron chi connectivity index (χ0n) is 12.0. The van der Waals surface area contributed by atoms with E-state index in [2.05, 4.69) is 76.6 Å². The molecule has 0 atom stereocenters. The van der Waals surface area contributed by atoms with Crippen molar-refractivity contribution in [3.63, 3.8) is 0 Å². The van der Waals surface area contributed by atoms with E-state index in [4.69, 9.17) is 0 Å². The summed E-state index contributed by atoms with van der Waals surface area (Å²) in [6.07, 6.45) is 2.22. The Labute approximate surface area is 129 Å². The summed E-state index contributed by atoms with van der Waals surface area (Å²) in [5, 5.41) is 1.34. The largest absolute Gasteiger partial charge is 0.346 e. The van der Waals surface area contributed by atoms with Gasteiger partial charge in [0, 0.05) is 53.9 Å². The van der Waals surface area contributed by atoms with Crippen LogP contribution in [0.4, 0.5) is 0 Å². The second-order valence-electron chi connectivity index (χ2n) is 5.35. The van der Waals surface area contributed by atoms with Crippen LogP contribution in [0.15, 0.2) is 36.5 Å². The van der Waals surface area contributed by atoms with Crippen molar-refractivity contribution < 1.29 is 0 Å². The second kappa shape index (κ2) is 6.92. The summed E-state index contributed by atoms with van der Waals surface area (Å²) in [7, 11) is 2.28. The average Bonchev–Trinajstić information content (AvgIpc) is 2.70. The molecule has 2 nitrogen and oxygen atoms in total. The molecule has 0 N–H and O–H groups in total. The molecule has 20 heavy (non-hydrogen) atoms. The van der Waals surface area contributed by atoms with E-state index in [9.17, 15) is 0 Å². The number of nitrogens with zero attached hydrogens (tertiary/aromatic N) is 2. The molecule has 0 bridgehead atoms. The van der Waals surface area contributed by atoms with Crippen LogP contribution in [0.3, 0.4) is 0 Å². The minimum absolute atomic E-state index is 0.731. The van der Waals surface area contributed by atoms with Crippen molar-refractivity contribution >= 4 is 34.4 Å². The van der Waals surface area contributed by atoms with Crippen molar-refractivity contribution in [3.05, 3.63) is 36.5 Å². The summed E-state index contributed by atoms with van der Waals surface area (Å²) in [5.74, 6) is 5.21. The number of hydrogen-bond donors (Lipinski definition) is 0. The number of benzene rings is 1. The normalized spacial score (nSPS) is 17.7. The van der Waals surface area contributed by atoms with E-state index in [-0.39, 0.29) is 0 Å². The van der Waals surface area contributed by atoms with Crippen LogP contribution in [0.2, 0.25) is 0 Å². The van der Waals surface area contributed by atoms with Gasteiger partial charge in [-0.1, -0.05) is 18.2 Å². The van der Waals surface area contributed by atoms with Crippen molar-refractivity contribution in [2.45, 2.75) is 12.6 Å². The van der Waals surface area contributed by atoms with Crippen molar-refractivity contribution in [1.82, 2.24) is 9.47 Å². The maximum Gasteiger partial charge on any atom is 0.0480 e. The zero-order chi connectivity index (χ0) is 13.8. The molecule has 0 saturated carbocycles. The van der Waals surface area contributed by atoms with Gasteiger partial charge in [0.25, 0.3) is 0 Å². The van der Waals surface area contributed by atoms with Gasteiger partial charge in [-0.25, -0.2) is 0 Å². The van der Waals surface area contributed by atoms with Gasteiger partial charge in [0.1, 0.15) is 0 Å². The molecule has 3 rings (SSSR count). The van der Waals surface area contributed by atoms with E-state index in [1.807, 2.05) is 0 Å². The van der Waals surface area contributed by atoms with E-state index in [1.165, 1.54) is 33.9 Å². The minimum atomic E-state index is 0.731. The van der Waals surface area contributed by atoms with E-state index < -0.39 is 0 Å². The molecular formula is C16H22N2S2. The molecule has 0 aliphatic carbocycles. The molecule has 1 fully saturated rings. The van der Waals surface area contributed by atoms with E-state index in [0.29, 0.717) is 0 Å². The Morgan fingerprint density at radius 3 is 2.70 bits per heavy atom. The quantitative estimate of drug-likeness (QED) is 0.856. The van der Waals surface area contributed by atoms with Crippen LogP contribution >= 0.6 is 23.5 Å². The number of fused-ring (bicyclic) bond motifs is 1. The van der Waals surface area contributed by atoms with Gasteiger partial charge >= 0.3 is 0 Å². The standard InChI is InChI=1S/C16H22N2S2/c1-17(15-12-19-10-11-20-13-15)8-9-18-7-6-14-4-2-3-5-16(14)18/h2-7,15H,8-13H2,1H3. The molecule has 108 valence electrons. The number of hydrogen-bond acceptors (Lipinski definition) is 3. The van der Waals surface area contributed by atoms with Gasteiger partial charge in [0.15, 0.2) is 0 Å². The van der Waals surface area contributed by atoms with Crippen LogP contribution in [-0.4, -0.2) is 52.1 Å². The highest BCUT2D eigenvalue weighted by molar-refractivity contribution is 8.03. The van der Waals surface area contributed by atoms with Gasteiger partial charge in [0.05, 0.1) is 0 Å². The Hall–Kier alpha value is -0.580. The Kier molecular flexibility index (Phi) is 4.97. The molecule has 1 saturated heterocycles. The maximum atomic E-state index is 2.54. The van der Waals surface area contributed by atoms with Crippen LogP contribution < -0.4 is 0 Å². The maximum absolute atomic E-state index is 2.54. The van der Waals surface area contributed by atoms with Crippen molar-refractivity contribution in [3.8, 4) is 0 Å². The lowest BCUT2D eigenvalue weighted by molar-refractivity contribution is 0.272. The van der Waals surface area contributed by atoms with E-state index >= 15 is 0 Å². The smallest absolute Gasteiger partial charge is 0.0480 e. The van der Waals surface area contributed by atoms with Gasteiger partial charge in [-0.2, -0.15) is 23.5 Å². The first-order valence-electron chi connectivity index (χ1n) is 7.24. The summed E-state index contributed by atoms with van der Waals surface area (Å²) in [4.78, 5) is 2.54. The SMILES string of the molecule is CN(CCn1ccc2ccccc21)C1CSCCSC1. The average molecular weight is 307 g/mol. The fourth-order valence-corrected chi connectivity index (χ4v) is 5.36. The van der Waals surface area contributed by atoms with Crippen LogP contribution in [0.25, 0.3) is 10.9 Å². The summed E-state index contributed by atoms with van der Waals surface area (Å²) < 4.78 is 2.38. The molecule has 2 heterocycles. The lowest BCUT2D eigenvalue weighted by atomic mass is 10.2. The van der Waals surface area contributed by atoms with Gasteiger partial charge < -0.3 is 9.47 Å². The van der Waals surface area contributed by atoms with Crippen molar-refractivity contribution in [1.29, 1.82) is 0 Å². The van der Waals surface area contributed by atoms with Crippen molar-refractivity contribution in [2.75, 3.05) is 36.6 Å². The molecule has 4 heteroatoms. The third kappa shape index (κ3) is 3.35. The fraction of sp³-hybridized carbons (Fsp3) is 0.500. The molecular weight excluding hydrogens is 284 g/mol. The molecule has 1 aromatic carbocycles. The summed E-state index contributed by atoms with van der Waals surface area (Å²) in [6, 6.07) is 11.6. The fourth-order valence-electron chi connectivity index (χ4n) is 2.64. The highest BCUT2D eigenvalue weighted by atomic mass is 32.2. The van der Waals surface area contributed by atoms with E-state index in [1.54, 1.807) is 0 Å². The molecule has 0 radical (unpaired) electrons. The Balaban J connectivity index is 1.60. The minimum Gasteiger partial charge on any atom is -0.346 e. The van der Waals surface area contributed by atoms with Crippen LogP contribution in [-0.2, 0) is 6.54 Å². The topological polar surface area (TPSA) is 8.17 Å². The first kappa shape index (κ1) is 14.4. The zero-order valence-corrected chi connectivity index (χ0v) is 13.6. The Bertz CT molecular complexity index is 544. The van der Waals surface area contributed by atoms with Crippen LogP contribution in [0.1, 0.15) is 0 Å². The van der Waals surface area contributed by atoms with Gasteiger partial charge in [0.2, 0.25) is 0 Å². The van der Waals surface area contributed by atoms with Crippen LogP contribution in [0, 0.1) is 0 Å². The molecule has 0 amide bonds. The molecule has 1 aliphatic rings.